The third-order valence-corrected chi connectivity index (χ3v) is 1.98. The third-order valence-electron chi connectivity index (χ3n) is 1.98. The van der Waals surface area contributed by atoms with Crippen molar-refractivity contribution < 1.29 is 34.4 Å². The summed E-state index contributed by atoms with van der Waals surface area (Å²) < 4.78 is 13.2. The van der Waals surface area contributed by atoms with Crippen molar-refractivity contribution in [3.05, 3.63) is 23.5 Å². The summed E-state index contributed by atoms with van der Waals surface area (Å²) in [6, 6.07) is 1.50. The number of carboxylic acid groups (broad SMARTS) is 1. The van der Waals surface area contributed by atoms with Crippen LogP contribution >= 0.6 is 0 Å². The minimum absolute atomic E-state index is 0.612. The van der Waals surface area contributed by atoms with Gasteiger partial charge in [-0.05, 0) is 17.6 Å². The fourth-order valence-corrected chi connectivity index (χ4v) is 1.34. The fourth-order valence-electron chi connectivity index (χ4n) is 1.34. The fraction of sp³-hybridized carbons (Fsp3) is 0. The summed E-state index contributed by atoms with van der Waals surface area (Å²) in [6.07, 6.45) is 0. The summed E-state index contributed by atoms with van der Waals surface area (Å²) in [7, 11) is -4.66. The van der Waals surface area contributed by atoms with Crippen LogP contribution in [0.5, 0.6) is 0 Å². The van der Waals surface area contributed by atoms with E-state index in [0.717, 1.165) is 6.07 Å². The van der Waals surface area contributed by atoms with Gasteiger partial charge in [-0.3, -0.25) is 0 Å². The second kappa shape index (κ2) is 4.62. The zero-order valence-electron chi connectivity index (χ0n) is 7.83. The number of carboxylic acids is 1. The second-order valence-electron chi connectivity index (χ2n) is 2.97. The predicted molar refractivity (Wildman–Crippen MR) is 53.0 cm³/mol. The topological polar surface area (TPSA) is 118 Å². The number of carbonyl (C=O) groups is 1. The summed E-state index contributed by atoms with van der Waals surface area (Å²) in [6.45, 7) is 0. The first-order valence-corrected chi connectivity index (χ1v) is 4.14. The van der Waals surface area contributed by atoms with E-state index in [1.54, 1.807) is 0 Å². The average Bonchev–Trinajstić information content (AvgIpc) is 2.15. The third kappa shape index (κ3) is 2.22. The molecule has 0 aliphatic carbocycles. The molecule has 0 radical (unpaired) electrons. The average molecular weight is 228 g/mol. The molecule has 84 valence electrons. The van der Waals surface area contributed by atoms with Crippen LogP contribution in [0.4, 0.5) is 4.39 Å². The molecule has 0 saturated heterocycles. The van der Waals surface area contributed by atoms with Crippen molar-refractivity contribution in [2.75, 3.05) is 0 Å². The van der Waals surface area contributed by atoms with E-state index >= 15 is 0 Å². The molecule has 0 unspecified atom stereocenters. The molecule has 9 heteroatoms. The Balaban J connectivity index is 3.56. The number of benzene rings is 1. The molecule has 5 N–H and O–H groups in total. The standard InChI is InChI=1S/C7H7B2FO6/c10-4-2-1-3(7(11)12)5(8(13)14)6(4)9(15)16/h1-2,13-16H,(H,11,12). The maximum absolute atomic E-state index is 13.2. The lowest BCUT2D eigenvalue weighted by Crippen LogP contribution is -2.53. The van der Waals surface area contributed by atoms with Crippen molar-refractivity contribution in [2.45, 2.75) is 0 Å². The van der Waals surface area contributed by atoms with Crippen LogP contribution in [-0.2, 0) is 0 Å². The molecule has 0 saturated carbocycles. The van der Waals surface area contributed by atoms with Gasteiger partial charge in [-0.15, -0.1) is 0 Å². The smallest absolute Gasteiger partial charge is 0.478 e. The molecule has 0 atom stereocenters. The molecule has 0 aromatic heterocycles. The van der Waals surface area contributed by atoms with Gasteiger partial charge in [0, 0.05) is 5.46 Å². The highest BCUT2D eigenvalue weighted by Gasteiger charge is 2.31. The van der Waals surface area contributed by atoms with Gasteiger partial charge in [-0.25, -0.2) is 9.18 Å². The highest BCUT2D eigenvalue weighted by Crippen LogP contribution is 2.00. The maximum atomic E-state index is 13.2. The molecule has 0 aliphatic heterocycles. The van der Waals surface area contributed by atoms with Gasteiger partial charge in [0.15, 0.2) is 0 Å². The highest BCUT2D eigenvalue weighted by atomic mass is 19.1. The van der Waals surface area contributed by atoms with Crippen LogP contribution in [0.15, 0.2) is 12.1 Å². The summed E-state index contributed by atoms with van der Waals surface area (Å²) >= 11 is 0. The summed E-state index contributed by atoms with van der Waals surface area (Å²) in [5.41, 5.74) is -2.25. The van der Waals surface area contributed by atoms with E-state index in [2.05, 4.69) is 0 Å². The first-order valence-electron chi connectivity index (χ1n) is 4.14. The molecule has 1 rings (SSSR count). The molecular formula is C7H7B2FO6. The van der Waals surface area contributed by atoms with E-state index in [4.69, 9.17) is 25.2 Å². The van der Waals surface area contributed by atoms with E-state index in [1.165, 1.54) is 0 Å². The number of hydrogen-bond acceptors (Lipinski definition) is 5. The van der Waals surface area contributed by atoms with Gasteiger partial charge in [-0.2, -0.15) is 0 Å². The number of hydrogen-bond donors (Lipinski definition) is 5. The molecule has 0 fully saturated rings. The zero-order valence-corrected chi connectivity index (χ0v) is 7.83. The normalized spacial score (nSPS) is 10.1. The highest BCUT2D eigenvalue weighted by molar-refractivity contribution is 6.72. The van der Waals surface area contributed by atoms with Crippen LogP contribution in [0.25, 0.3) is 0 Å². The van der Waals surface area contributed by atoms with Gasteiger partial charge in [0.25, 0.3) is 0 Å². The minimum atomic E-state index is -2.34. The van der Waals surface area contributed by atoms with E-state index in [-0.39, 0.29) is 0 Å². The van der Waals surface area contributed by atoms with Crippen molar-refractivity contribution in [3.8, 4) is 0 Å². The Hall–Kier alpha value is -1.41. The molecule has 0 bridgehead atoms. The second-order valence-corrected chi connectivity index (χ2v) is 2.97. The van der Waals surface area contributed by atoms with Gasteiger partial charge in [0.05, 0.1) is 5.56 Å². The van der Waals surface area contributed by atoms with Gasteiger partial charge < -0.3 is 25.2 Å². The number of rotatable bonds is 3. The first kappa shape index (κ1) is 12.7. The van der Waals surface area contributed by atoms with Gasteiger partial charge in [0.2, 0.25) is 0 Å². The Kier molecular flexibility index (Phi) is 3.66. The molecule has 0 amide bonds. The predicted octanol–water partition coefficient (Wildman–Crippen LogP) is -3.12. The van der Waals surface area contributed by atoms with Crippen LogP contribution in [0.1, 0.15) is 10.4 Å². The Morgan fingerprint density at radius 1 is 1.06 bits per heavy atom. The van der Waals surface area contributed by atoms with Gasteiger partial charge >= 0.3 is 20.2 Å². The lowest BCUT2D eigenvalue weighted by molar-refractivity contribution is 0.0698. The van der Waals surface area contributed by atoms with Crippen LogP contribution < -0.4 is 10.9 Å². The summed E-state index contributed by atoms with van der Waals surface area (Å²) in [5, 5.41) is 44.2. The Labute approximate surface area is 89.9 Å². The van der Waals surface area contributed by atoms with Gasteiger partial charge in [-0.1, -0.05) is 0 Å². The van der Waals surface area contributed by atoms with Crippen LogP contribution in [0, 0.1) is 5.82 Å². The SMILES string of the molecule is O=C(O)c1ccc(F)c(B(O)O)c1B(O)O. The van der Waals surface area contributed by atoms with Gasteiger partial charge in [0.1, 0.15) is 5.82 Å². The van der Waals surface area contributed by atoms with Crippen molar-refractivity contribution in [2.24, 2.45) is 0 Å². The Bertz CT molecular complexity index is 422. The molecule has 1 aromatic carbocycles. The Morgan fingerprint density at radius 2 is 1.56 bits per heavy atom. The molecule has 6 nitrogen and oxygen atoms in total. The largest absolute Gasteiger partial charge is 0.491 e. The molecular weight excluding hydrogens is 221 g/mol. The molecule has 1 aromatic rings. The number of halogens is 1. The Morgan fingerprint density at radius 3 is 1.94 bits per heavy atom. The van der Waals surface area contributed by atoms with E-state index in [1.807, 2.05) is 0 Å². The van der Waals surface area contributed by atoms with Crippen molar-refractivity contribution in [1.29, 1.82) is 0 Å². The van der Waals surface area contributed by atoms with Crippen molar-refractivity contribution in [3.63, 3.8) is 0 Å². The maximum Gasteiger partial charge on any atom is 0.491 e. The zero-order chi connectivity index (χ0) is 12.5. The monoisotopic (exact) mass is 228 g/mol. The molecule has 0 heterocycles. The molecule has 0 aliphatic rings. The lowest BCUT2D eigenvalue weighted by atomic mass is 9.63. The quantitative estimate of drug-likeness (QED) is 0.349. The molecule has 16 heavy (non-hydrogen) atoms. The van der Waals surface area contributed by atoms with E-state index in [9.17, 15) is 9.18 Å². The van der Waals surface area contributed by atoms with Crippen molar-refractivity contribution in [1.82, 2.24) is 0 Å². The summed E-state index contributed by atoms with van der Waals surface area (Å²) in [4.78, 5) is 10.7. The lowest BCUT2D eigenvalue weighted by Gasteiger charge is -2.12. The van der Waals surface area contributed by atoms with Crippen molar-refractivity contribution >= 4 is 31.1 Å². The first-order chi connectivity index (χ1) is 7.36. The van der Waals surface area contributed by atoms with Crippen LogP contribution in [-0.4, -0.2) is 45.4 Å². The number of aromatic carboxylic acids is 1. The van der Waals surface area contributed by atoms with E-state index in [0.29, 0.717) is 6.07 Å². The summed E-state index contributed by atoms with van der Waals surface area (Å²) in [5.74, 6) is -2.67. The minimum Gasteiger partial charge on any atom is -0.478 e. The van der Waals surface area contributed by atoms with Crippen LogP contribution in [0.2, 0.25) is 0 Å². The van der Waals surface area contributed by atoms with E-state index < -0.39 is 42.5 Å². The van der Waals surface area contributed by atoms with Crippen LogP contribution in [0.3, 0.4) is 0 Å². The molecule has 0 spiro atoms.